The molecule has 0 atom stereocenters. The zero-order valence-electron chi connectivity index (χ0n) is 23.4. The molecule has 0 saturated heterocycles. The Balaban J connectivity index is 1.64. The van der Waals surface area contributed by atoms with Gasteiger partial charge in [0.15, 0.2) is 0 Å². The maximum atomic E-state index is 8.12. The molecule has 6 rings (SSSR count). The van der Waals surface area contributed by atoms with Crippen LogP contribution >= 0.6 is 0 Å². The molecule has 0 saturated carbocycles. The van der Waals surface area contributed by atoms with Crippen LogP contribution in [0.25, 0.3) is 55.1 Å². The van der Waals surface area contributed by atoms with Crippen molar-refractivity contribution in [2.45, 2.75) is 20.6 Å². The minimum Gasteiger partial charge on any atom is -0.455 e. The molecule has 2 heterocycles. The highest BCUT2D eigenvalue weighted by atomic mass is 16.3. The van der Waals surface area contributed by atoms with E-state index in [1.165, 1.54) is 6.20 Å². The van der Waals surface area contributed by atoms with Gasteiger partial charge in [0.25, 0.3) is 0 Å². The van der Waals surface area contributed by atoms with Gasteiger partial charge in [0.2, 0.25) is 0 Å². The van der Waals surface area contributed by atoms with Crippen molar-refractivity contribution in [1.82, 2.24) is 4.98 Å². The van der Waals surface area contributed by atoms with E-state index in [2.05, 4.69) is 11.1 Å². The van der Waals surface area contributed by atoms with Crippen LogP contribution < -0.4 is 0 Å². The van der Waals surface area contributed by atoms with Gasteiger partial charge in [0, 0.05) is 36.1 Å². The number of aryl methyl sites for hydroxylation is 3. The van der Waals surface area contributed by atoms with Gasteiger partial charge in [0.1, 0.15) is 11.2 Å². The Morgan fingerprint density at radius 2 is 1.53 bits per heavy atom. The van der Waals surface area contributed by atoms with Gasteiger partial charge in [-0.3, -0.25) is 4.98 Å². The lowest BCUT2D eigenvalue weighted by atomic mass is 9.94. The standard InChI is InChI=1S/C30H23NO/c1-18-11-13-22(19(2)15-18)27-16-28(31-17-20(27)3)26-10-6-9-24-25-14-12-21-7-4-5-8-23(21)29(25)32-30(24)26/h4-17H,1-3H3/i2D3,3D3. The van der Waals surface area contributed by atoms with Gasteiger partial charge < -0.3 is 4.42 Å². The molecule has 154 valence electrons. The molecule has 2 heteroatoms. The molecule has 2 aromatic heterocycles. The highest BCUT2D eigenvalue weighted by molar-refractivity contribution is 6.17. The van der Waals surface area contributed by atoms with E-state index >= 15 is 0 Å². The minimum atomic E-state index is -2.48. The molecule has 0 fully saturated rings. The maximum Gasteiger partial charge on any atom is 0.144 e. The normalized spacial score (nSPS) is 15.2. The lowest BCUT2D eigenvalue weighted by Crippen LogP contribution is -1.92. The van der Waals surface area contributed by atoms with Crippen LogP contribution in [0, 0.1) is 20.6 Å². The van der Waals surface area contributed by atoms with Gasteiger partial charge in [-0.25, -0.2) is 0 Å². The number of para-hydroxylation sites is 1. The third-order valence-corrected chi connectivity index (χ3v) is 6.03. The second kappa shape index (κ2) is 7.06. The van der Waals surface area contributed by atoms with Crippen LogP contribution in [-0.4, -0.2) is 4.98 Å². The monoisotopic (exact) mass is 419 g/mol. The highest BCUT2D eigenvalue weighted by Crippen LogP contribution is 2.39. The van der Waals surface area contributed by atoms with Crippen molar-refractivity contribution in [3.63, 3.8) is 0 Å². The summed E-state index contributed by atoms with van der Waals surface area (Å²) in [5.41, 5.74) is 4.17. The Bertz CT molecular complexity index is 1860. The fourth-order valence-electron chi connectivity index (χ4n) is 4.45. The average Bonchev–Trinajstić information content (AvgIpc) is 3.27. The Hall–Kier alpha value is -3.91. The Morgan fingerprint density at radius 1 is 0.688 bits per heavy atom. The number of pyridine rings is 1. The topological polar surface area (TPSA) is 26.0 Å². The van der Waals surface area contributed by atoms with Crippen LogP contribution in [0.1, 0.15) is 24.9 Å². The van der Waals surface area contributed by atoms with Crippen LogP contribution in [0.5, 0.6) is 0 Å². The molecule has 0 amide bonds. The van der Waals surface area contributed by atoms with E-state index < -0.39 is 13.7 Å². The zero-order valence-corrected chi connectivity index (χ0v) is 17.4. The fourth-order valence-corrected chi connectivity index (χ4v) is 4.45. The summed E-state index contributed by atoms with van der Waals surface area (Å²) in [6, 6.07) is 24.6. The van der Waals surface area contributed by atoms with Crippen molar-refractivity contribution >= 4 is 32.7 Å². The molecule has 0 bridgehead atoms. The van der Waals surface area contributed by atoms with Gasteiger partial charge in [-0.2, -0.15) is 0 Å². The number of hydrogen-bond acceptors (Lipinski definition) is 2. The van der Waals surface area contributed by atoms with E-state index in [4.69, 9.17) is 12.6 Å². The first-order valence-corrected chi connectivity index (χ1v) is 10.5. The Kier molecular flexibility index (Phi) is 2.98. The summed E-state index contributed by atoms with van der Waals surface area (Å²) < 4.78 is 55.1. The first-order chi connectivity index (χ1) is 18.0. The molecular formula is C30H23NO. The summed E-state index contributed by atoms with van der Waals surface area (Å²) in [5, 5.41) is 3.97. The summed E-state index contributed by atoms with van der Waals surface area (Å²) in [5.74, 6) is 0. The van der Waals surface area contributed by atoms with Gasteiger partial charge in [0.05, 0.1) is 5.69 Å². The van der Waals surface area contributed by atoms with Crippen LogP contribution in [-0.2, 0) is 0 Å². The Morgan fingerprint density at radius 3 is 2.44 bits per heavy atom. The third kappa shape index (κ3) is 2.84. The number of furan rings is 1. The molecule has 2 nitrogen and oxygen atoms in total. The molecule has 32 heavy (non-hydrogen) atoms. The van der Waals surface area contributed by atoms with Gasteiger partial charge >= 0.3 is 0 Å². The van der Waals surface area contributed by atoms with Gasteiger partial charge in [-0.15, -0.1) is 0 Å². The largest absolute Gasteiger partial charge is 0.455 e. The van der Waals surface area contributed by atoms with E-state index in [1.54, 1.807) is 24.3 Å². The smallest absolute Gasteiger partial charge is 0.144 e. The number of nitrogens with zero attached hydrogens (tertiary/aromatic N) is 1. The quantitative estimate of drug-likeness (QED) is 0.282. The molecule has 4 aromatic carbocycles. The number of hydrogen-bond donors (Lipinski definition) is 0. The highest BCUT2D eigenvalue weighted by Gasteiger charge is 2.16. The minimum absolute atomic E-state index is 0.00150. The second-order valence-electron chi connectivity index (χ2n) is 8.11. The fraction of sp³-hybridized carbons (Fsp3) is 0.100. The summed E-state index contributed by atoms with van der Waals surface area (Å²) in [6.45, 7) is -3.09. The van der Waals surface area contributed by atoms with Crippen molar-refractivity contribution in [2.24, 2.45) is 0 Å². The van der Waals surface area contributed by atoms with E-state index in [0.717, 1.165) is 32.7 Å². The molecule has 0 unspecified atom stereocenters. The summed E-state index contributed by atoms with van der Waals surface area (Å²) in [4.78, 5) is 4.53. The predicted octanol–water partition coefficient (Wildman–Crippen LogP) is 8.39. The van der Waals surface area contributed by atoms with E-state index in [1.807, 2.05) is 55.5 Å². The molecule has 0 N–H and O–H groups in total. The van der Waals surface area contributed by atoms with Crippen molar-refractivity contribution in [3.05, 3.63) is 102 Å². The maximum absolute atomic E-state index is 8.12. The SMILES string of the molecule is [2H]C([2H])([2H])c1cnc(-c2cccc3c2oc2c4ccccc4ccc32)cc1-c1ccc(C)cc1C([2H])([2H])[2H]. The van der Waals surface area contributed by atoms with Crippen LogP contribution in [0.4, 0.5) is 0 Å². The molecule has 6 aromatic rings. The van der Waals surface area contributed by atoms with Crippen LogP contribution in [0.3, 0.4) is 0 Å². The Labute approximate surface area is 195 Å². The molecule has 0 spiro atoms. The number of aromatic nitrogens is 1. The van der Waals surface area contributed by atoms with Crippen molar-refractivity contribution in [3.8, 4) is 22.4 Å². The van der Waals surface area contributed by atoms with Crippen LogP contribution in [0.15, 0.2) is 89.5 Å². The lowest BCUT2D eigenvalue weighted by molar-refractivity contribution is 0.673. The van der Waals surface area contributed by atoms with E-state index in [9.17, 15) is 0 Å². The average molecular weight is 420 g/mol. The first kappa shape index (κ1) is 13.5. The van der Waals surface area contributed by atoms with Crippen molar-refractivity contribution in [2.75, 3.05) is 0 Å². The van der Waals surface area contributed by atoms with Crippen molar-refractivity contribution < 1.29 is 12.6 Å². The first-order valence-electron chi connectivity index (χ1n) is 13.5. The number of fused-ring (bicyclic) bond motifs is 5. The molecule has 0 aliphatic heterocycles. The van der Waals surface area contributed by atoms with Gasteiger partial charge in [-0.1, -0.05) is 66.2 Å². The third-order valence-electron chi connectivity index (χ3n) is 6.03. The predicted molar refractivity (Wildman–Crippen MR) is 134 cm³/mol. The molecule has 0 aliphatic rings. The van der Waals surface area contributed by atoms with Gasteiger partial charge in [-0.05, 0) is 66.5 Å². The lowest BCUT2D eigenvalue weighted by Gasteiger charge is -2.12. The molecule has 0 aliphatic carbocycles. The number of rotatable bonds is 2. The summed E-state index contributed by atoms with van der Waals surface area (Å²) in [6.07, 6.45) is 1.33. The van der Waals surface area contributed by atoms with E-state index in [0.29, 0.717) is 28.0 Å². The van der Waals surface area contributed by atoms with Crippen molar-refractivity contribution in [1.29, 1.82) is 0 Å². The number of benzene rings is 4. The molecular weight excluding hydrogens is 390 g/mol. The zero-order chi connectivity index (χ0) is 26.8. The van der Waals surface area contributed by atoms with E-state index in [-0.39, 0.29) is 11.1 Å². The summed E-state index contributed by atoms with van der Waals surface area (Å²) >= 11 is 0. The van der Waals surface area contributed by atoms with Crippen LogP contribution in [0.2, 0.25) is 0 Å². The summed E-state index contributed by atoms with van der Waals surface area (Å²) in [7, 11) is 0. The molecule has 0 radical (unpaired) electrons. The second-order valence-corrected chi connectivity index (χ2v) is 8.11.